The molecule has 0 bridgehead atoms. The van der Waals surface area contributed by atoms with Crippen LogP contribution in [0.4, 0.5) is 0 Å². The molecule has 6 nitrogen and oxygen atoms in total. The Hall–Kier alpha value is -1.66. The predicted octanol–water partition coefficient (Wildman–Crippen LogP) is 1.55. The van der Waals surface area contributed by atoms with Crippen LogP contribution in [-0.2, 0) is 4.74 Å². The number of ether oxygens (including phenoxy) is 2. The maximum atomic E-state index is 11.1. The Balaban J connectivity index is 2.27. The highest BCUT2D eigenvalue weighted by atomic mass is 16.7. The first-order valence-corrected chi connectivity index (χ1v) is 6.07. The van der Waals surface area contributed by atoms with E-state index in [1.165, 1.54) is 6.92 Å². The van der Waals surface area contributed by atoms with Gasteiger partial charge in [0.05, 0.1) is 13.0 Å². The molecule has 0 spiro atoms. The van der Waals surface area contributed by atoms with Crippen LogP contribution in [0.15, 0.2) is 24.3 Å². The van der Waals surface area contributed by atoms with Gasteiger partial charge in [-0.15, -0.1) is 0 Å². The zero-order valence-electron chi connectivity index (χ0n) is 10.9. The molecule has 1 fully saturated rings. The molecule has 6 heteroatoms. The summed E-state index contributed by atoms with van der Waals surface area (Å²) in [4.78, 5) is 10.7. The van der Waals surface area contributed by atoms with E-state index in [9.17, 15) is 15.2 Å². The number of nitrogens with zero attached hydrogens (tertiary/aromatic N) is 1. The second-order valence-corrected chi connectivity index (χ2v) is 4.92. The minimum Gasteiger partial charge on any atom is -0.497 e. The van der Waals surface area contributed by atoms with Crippen LogP contribution in [0.3, 0.4) is 0 Å². The minimum absolute atomic E-state index is 0.0866. The van der Waals surface area contributed by atoms with E-state index >= 15 is 0 Å². The van der Waals surface area contributed by atoms with Gasteiger partial charge in [0.15, 0.2) is 5.79 Å². The molecule has 1 aromatic carbocycles. The monoisotopic (exact) mass is 267 g/mol. The molecule has 1 heterocycles. The molecular weight excluding hydrogens is 250 g/mol. The highest BCUT2D eigenvalue weighted by Crippen LogP contribution is 2.36. The lowest BCUT2D eigenvalue weighted by Crippen LogP contribution is -2.46. The molecule has 3 atom stereocenters. The molecule has 1 N–H and O–H groups in total. The third-order valence-corrected chi connectivity index (χ3v) is 3.44. The Morgan fingerprint density at radius 1 is 1.47 bits per heavy atom. The Morgan fingerprint density at radius 2 is 2.11 bits per heavy atom. The fraction of sp³-hybridized carbons (Fsp3) is 0.538. The SMILES string of the molecule is COc1ccc([C@H]2C[C@](C)(O)OC[C@@H]2[N+](=O)[O-])cc1. The van der Waals surface area contributed by atoms with Crippen LogP contribution in [0.2, 0.25) is 0 Å². The maximum Gasteiger partial charge on any atom is 0.243 e. The van der Waals surface area contributed by atoms with Crippen LogP contribution in [-0.4, -0.2) is 35.6 Å². The summed E-state index contributed by atoms with van der Waals surface area (Å²) < 4.78 is 10.2. The van der Waals surface area contributed by atoms with Crippen LogP contribution < -0.4 is 4.74 Å². The molecule has 104 valence electrons. The van der Waals surface area contributed by atoms with E-state index < -0.39 is 11.8 Å². The van der Waals surface area contributed by atoms with Gasteiger partial charge in [0.2, 0.25) is 6.04 Å². The van der Waals surface area contributed by atoms with Gasteiger partial charge >= 0.3 is 0 Å². The van der Waals surface area contributed by atoms with Crippen LogP contribution in [0, 0.1) is 10.1 Å². The summed E-state index contributed by atoms with van der Waals surface area (Å²) >= 11 is 0. The molecule has 19 heavy (non-hydrogen) atoms. The number of hydrogen-bond donors (Lipinski definition) is 1. The van der Waals surface area contributed by atoms with E-state index in [1.807, 2.05) is 0 Å². The second kappa shape index (κ2) is 5.14. The third-order valence-electron chi connectivity index (χ3n) is 3.44. The van der Waals surface area contributed by atoms with E-state index in [4.69, 9.17) is 9.47 Å². The summed E-state index contributed by atoms with van der Waals surface area (Å²) in [5.41, 5.74) is 0.811. The van der Waals surface area contributed by atoms with Crippen molar-refractivity contribution in [3.8, 4) is 5.75 Å². The number of hydrogen-bond acceptors (Lipinski definition) is 5. The molecule has 0 amide bonds. The number of rotatable bonds is 3. The van der Waals surface area contributed by atoms with Crippen molar-refractivity contribution in [3.05, 3.63) is 39.9 Å². The van der Waals surface area contributed by atoms with Gasteiger partial charge in [0.25, 0.3) is 0 Å². The third kappa shape index (κ3) is 3.02. The van der Waals surface area contributed by atoms with Crippen molar-refractivity contribution < 1.29 is 19.5 Å². The summed E-state index contributed by atoms with van der Waals surface area (Å²) in [5.74, 6) is -0.998. The van der Waals surface area contributed by atoms with E-state index in [0.29, 0.717) is 5.75 Å². The lowest BCUT2D eigenvalue weighted by molar-refractivity contribution is -0.542. The van der Waals surface area contributed by atoms with Crippen LogP contribution >= 0.6 is 0 Å². The van der Waals surface area contributed by atoms with Crippen LogP contribution in [0.25, 0.3) is 0 Å². The van der Waals surface area contributed by atoms with E-state index in [-0.39, 0.29) is 23.9 Å². The summed E-state index contributed by atoms with van der Waals surface area (Å²) in [6.07, 6.45) is 0.199. The number of benzene rings is 1. The largest absolute Gasteiger partial charge is 0.497 e. The Labute approximate surface area is 111 Å². The van der Waals surface area contributed by atoms with Gasteiger partial charge in [-0.2, -0.15) is 0 Å². The number of nitro groups is 1. The van der Waals surface area contributed by atoms with Gasteiger partial charge in [0, 0.05) is 11.3 Å². The molecule has 1 aromatic rings. The quantitative estimate of drug-likeness (QED) is 0.663. The van der Waals surface area contributed by atoms with Crippen molar-refractivity contribution in [2.75, 3.05) is 13.7 Å². The van der Waals surface area contributed by atoms with Gasteiger partial charge < -0.3 is 14.6 Å². The lowest BCUT2D eigenvalue weighted by atomic mass is 9.84. The van der Waals surface area contributed by atoms with Crippen molar-refractivity contribution >= 4 is 0 Å². The second-order valence-electron chi connectivity index (χ2n) is 4.92. The Morgan fingerprint density at radius 3 is 2.63 bits per heavy atom. The highest BCUT2D eigenvalue weighted by molar-refractivity contribution is 5.30. The number of methoxy groups -OCH3 is 1. The fourth-order valence-electron chi connectivity index (χ4n) is 2.38. The molecule has 1 saturated heterocycles. The standard InChI is InChI=1S/C13H17NO5/c1-13(15)7-11(12(8-19-13)14(16)17)9-3-5-10(18-2)6-4-9/h3-6,11-12,15H,7-8H2,1-2H3/t11-,12+,13-/m1/s1. The summed E-state index contributed by atoms with van der Waals surface area (Å²) in [6.45, 7) is 1.44. The zero-order chi connectivity index (χ0) is 14.0. The van der Waals surface area contributed by atoms with Gasteiger partial charge in [-0.25, -0.2) is 0 Å². The molecular formula is C13H17NO5. The first-order valence-electron chi connectivity index (χ1n) is 6.07. The summed E-state index contributed by atoms with van der Waals surface area (Å²) in [7, 11) is 1.56. The summed E-state index contributed by atoms with van der Waals surface area (Å²) in [5, 5.41) is 21.0. The number of aliphatic hydroxyl groups is 1. The molecule has 0 unspecified atom stereocenters. The lowest BCUT2D eigenvalue weighted by Gasteiger charge is -2.35. The van der Waals surface area contributed by atoms with Gasteiger partial charge in [-0.3, -0.25) is 10.1 Å². The van der Waals surface area contributed by atoms with Crippen molar-refractivity contribution in [3.63, 3.8) is 0 Å². The molecule has 0 aliphatic carbocycles. The topological polar surface area (TPSA) is 81.8 Å². The van der Waals surface area contributed by atoms with Crippen molar-refractivity contribution in [1.82, 2.24) is 0 Å². The normalized spacial score (nSPS) is 30.9. The molecule has 1 aliphatic rings. The molecule has 2 rings (SSSR count). The Bertz CT molecular complexity index is 457. The zero-order valence-corrected chi connectivity index (χ0v) is 10.9. The smallest absolute Gasteiger partial charge is 0.243 e. The van der Waals surface area contributed by atoms with Gasteiger partial charge in [-0.1, -0.05) is 12.1 Å². The maximum absolute atomic E-state index is 11.1. The molecule has 0 saturated carbocycles. The van der Waals surface area contributed by atoms with E-state index in [0.717, 1.165) is 5.56 Å². The Kier molecular flexibility index (Phi) is 3.73. The van der Waals surface area contributed by atoms with E-state index in [2.05, 4.69) is 0 Å². The van der Waals surface area contributed by atoms with Gasteiger partial charge in [-0.05, 0) is 24.6 Å². The molecule has 0 aromatic heterocycles. The highest BCUT2D eigenvalue weighted by Gasteiger charge is 2.44. The van der Waals surface area contributed by atoms with Crippen LogP contribution in [0.5, 0.6) is 5.75 Å². The molecule has 1 aliphatic heterocycles. The van der Waals surface area contributed by atoms with Gasteiger partial charge in [0.1, 0.15) is 12.4 Å². The minimum atomic E-state index is -1.32. The van der Waals surface area contributed by atoms with Crippen molar-refractivity contribution in [2.24, 2.45) is 0 Å². The van der Waals surface area contributed by atoms with Crippen LogP contribution in [0.1, 0.15) is 24.8 Å². The average Bonchev–Trinajstić information content (AvgIpc) is 2.37. The predicted molar refractivity (Wildman–Crippen MR) is 67.7 cm³/mol. The van der Waals surface area contributed by atoms with E-state index in [1.54, 1.807) is 31.4 Å². The van der Waals surface area contributed by atoms with Crippen molar-refractivity contribution in [2.45, 2.75) is 31.1 Å². The summed E-state index contributed by atoms with van der Waals surface area (Å²) in [6, 6.07) is 6.27. The molecule has 0 radical (unpaired) electrons. The first kappa shape index (κ1) is 13.8. The van der Waals surface area contributed by atoms with Crippen molar-refractivity contribution in [1.29, 1.82) is 0 Å². The first-order chi connectivity index (χ1) is 8.93. The fourth-order valence-corrected chi connectivity index (χ4v) is 2.38. The average molecular weight is 267 g/mol.